The Hall–Kier alpha value is -0.800. The molecule has 0 spiro atoms. The zero-order valence-corrected chi connectivity index (χ0v) is 11.8. The highest BCUT2D eigenvalue weighted by molar-refractivity contribution is 6.33. The summed E-state index contributed by atoms with van der Waals surface area (Å²) >= 11 is 6.27. The maximum atomic E-state index is 6.27. The van der Waals surface area contributed by atoms with E-state index in [2.05, 4.69) is 37.6 Å². The van der Waals surface area contributed by atoms with E-state index < -0.39 is 0 Å². The van der Waals surface area contributed by atoms with Crippen molar-refractivity contribution in [1.29, 1.82) is 0 Å². The van der Waals surface area contributed by atoms with Crippen LogP contribution in [0.4, 0.5) is 5.82 Å². The van der Waals surface area contributed by atoms with Crippen LogP contribution in [0.25, 0.3) is 0 Å². The third-order valence-electron chi connectivity index (χ3n) is 2.57. The molecule has 0 bridgehead atoms. The lowest BCUT2D eigenvalue weighted by Crippen LogP contribution is -2.35. The predicted octanol–water partition coefficient (Wildman–Crippen LogP) is 3.06. The van der Waals surface area contributed by atoms with E-state index in [0.29, 0.717) is 23.5 Å². The number of aromatic nitrogens is 1. The minimum Gasteiger partial charge on any atom is -0.353 e. The Labute approximate surface area is 109 Å². The summed E-state index contributed by atoms with van der Waals surface area (Å²) in [5.74, 6) is 1.43. The third kappa shape index (κ3) is 3.86. The average molecular weight is 256 g/mol. The largest absolute Gasteiger partial charge is 0.353 e. The van der Waals surface area contributed by atoms with Gasteiger partial charge in [-0.25, -0.2) is 4.98 Å². The Morgan fingerprint density at radius 3 is 2.41 bits per heavy atom. The van der Waals surface area contributed by atoms with Crippen LogP contribution < -0.4 is 10.6 Å². The van der Waals surface area contributed by atoms with E-state index in [-0.39, 0.29) is 0 Å². The van der Waals surface area contributed by atoms with Crippen LogP contribution >= 0.6 is 11.6 Å². The van der Waals surface area contributed by atoms with Gasteiger partial charge in [-0.3, -0.25) is 0 Å². The summed E-state index contributed by atoms with van der Waals surface area (Å²) in [6, 6.07) is 2.28. The Morgan fingerprint density at radius 1 is 1.35 bits per heavy atom. The molecule has 0 aromatic carbocycles. The fourth-order valence-electron chi connectivity index (χ4n) is 1.73. The maximum absolute atomic E-state index is 6.27. The molecule has 0 atom stereocenters. The van der Waals surface area contributed by atoms with E-state index in [4.69, 9.17) is 17.3 Å². The van der Waals surface area contributed by atoms with Crippen LogP contribution in [0.15, 0.2) is 12.3 Å². The van der Waals surface area contributed by atoms with Gasteiger partial charge in [0.25, 0.3) is 0 Å². The van der Waals surface area contributed by atoms with Crippen LogP contribution in [0.2, 0.25) is 5.02 Å². The molecule has 0 aliphatic carbocycles. The topological polar surface area (TPSA) is 42.2 Å². The van der Waals surface area contributed by atoms with Crippen LogP contribution in [0.1, 0.15) is 33.3 Å². The first kappa shape index (κ1) is 14.3. The van der Waals surface area contributed by atoms with Crippen molar-refractivity contribution in [3.05, 3.63) is 22.8 Å². The van der Waals surface area contributed by atoms with Gasteiger partial charge < -0.3 is 10.6 Å². The monoisotopic (exact) mass is 255 g/mol. The van der Waals surface area contributed by atoms with Gasteiger partial charge in [0, 0.05) is 25.3 Å². The van der Waals surface area contributed by atoms with E-state index >= 15 is 0 Å². The van der Waals surface area contributed by atoms with Gasteiger partial charge in [-0.15, -0.1) is 0 Å². The van der Waals surface area contributed by atoms with Crippen LogP contribution in [0, 0.1) is 5.92 Å². The molecule has 2 N–H and O–H groups in total. The number of anilines is 1. The molecule has 96 valence electrons. The van der Waals surface area contributed by atoms with Gasteiger partial charge in [-0.1, -0.05) is 25.4 Å². The van der Waals surface area contributed by atoms with Crippen molar-refractivity contribution < 1.29 is 0 Å². The molecule has 1 heterocycles. The molecule has 0 aliphatic heterocycles. The molecular formula is C13H22ClN3. The van der Waals surface area contributed by atoms with Gasteiger partial charge in [0.2, 0.25) is 0 Å². The zero-order valence-electron chi connectivity index (χ0n) is 11.1. The normalized spacial score (nSPS) is 11.3. The number of hydrogen-bond donors (Lipinski definition) is 1. The Balaban J connectivity index is 3.01. The molecule has 1 rings (SSSR count). The van der Waals surface area contributed by atoms with Crippen LogP contribution in [0.5, 0.6) is 0 Å². The van der Waals surface area contributed by atoms with E-state index in [1.165, 1.54) is 0 Å². The highest BCUT2D eigenvalue weighted by atomic mass is 35.5. The smallest absolute Gasteiger partial charge is 0.147 e. The van der Waals surface area contributed by atoms with E-state index in [9.17, 15) is 0 Å². The number of rotatable bonds is 5. The van der Waals surface area contributed by atoms with E-state index in [0.717, 1.165) is 17.9 Å². The highest BCUT2D eigenvalue weighted by Gasteiger charge is 2.16. The van der Waals surface area contributed by atoms with Crippen molar-refractivity contribution in [3.8, 4) is 0 Å². The van der Waals surface area contributed by atoms with Crippen LogP contribution in [-0.4, -0.2) is 17.6 Å². The van der Waals surface area contributed by atoms with Crippen molar-refractivity contribution in [2.24, 2.45) is 11.7 Å². The number of nitrogens with two attached hydrogens (primary N) is 1. The summed E-state index contributed by atoms with van der Waals surface area (Å²) in [4.78, 5) is 6.67. The lowest BCUT2D eigenvalue weighted by Gasteiger charge is -2.30. The van der Waals surface area contributed by atoms with Gasteiger partial charge in [-0.2, -0.15) is 0 Å². The minimum absolute atomic E-state index is 0.381. The predicted molar refractivity (Wildman–Crippen MR) is 74.5 cm³/mol. The standard InChI is InChI=1S/C13H22ClN3/c1-9(2)8-17(10(3)4)13-12(14)5-11(6-15)7-16-13/h5,7,9-10H,6,8,15H2,1-4H3. The Bertz CT molecular complexity index is 364. The van der Waals surface area contributed by atoms with Gasteiger partial charge in [0.15, 0.2) is 0 Å². The minimum atomic E-state index is 0.381. The summed E-state index contributed by atoms with van der Waals surface area (Å²) < 4.78 is 0. The fourth-order valence-corrected chi connectivity index (χ4v) is 2.03. The second kappa shape index (κ2) is 6.22. The first-order valence-corrected chi connectivity index (χ1v) is 6.44. The number of halogens is 1. The third-order valence-corrected chi connectivity index (χ3v) is 2.85. The molecule has 0 radical (unpaired) electrons. The number of hydrogen-bond acceptors (Lipinski definition) is 3. The van der Waals surface area contributed by atoms with Gasteiger partial charge in [0.1, 0.15) is 5.82 Å². The molecular weight excluding hydrogens is 234 g/mol. The lowest BCUT2D eigenvalue weighted by atomic mass is 10.1. The highest BCUT2D eigenvalue weighted by Crippen LogP contribution is 2.26. The molecule has 0 saturated heterocycles. The molecule has 1 aromatic rings. The average Bonchev–Trinajstić information content (AvgIpc) is 2.25. The van der Waals surface area contributed by atoms with Crippen molar-refractivity contribution in [2.45, 2.75) is 40.3 Å². The van der Waals surface area contributed by atoms with Crippen molar-refractivity contribution >= 4 is 17.4 Å². The van der Waals surface area contributed by atoms with Crippen LogP contribution in [-0.2, 0) is 6.54 Å². The summed E-state index contributed by atoms with van der Waals surface area (Å²) in [6.07, 6.45) is 1.80. The SMILES string of the molecule is CC(C)CN(c1ncc(CN)cc1Cl)C(C)C. The first-order valence-electron chi connectivity index (χ1n) is 6.06. The Morgan fingerprint density at radius 2 is 2.00 bits per heavy atom. The molecule has 0 amide bonds. The van der Waals surface area contributed by atoms with E-state index in [1.54, 1.807) is 6.20 Å². The summed E-state index contributed by atoms with van der Waals surface area (Å²) in [6.45, 7) is 10.1. The fraction of sp³-hybridized carbons (Fsp3) is 0.615. The molecule has 1 aromatic heterocycles. The molecule has 17 heavy (non-hydrogen) atoms. The zero-order chi connectivity index (χ0) is 13.0. The summed E-state index contributed by atoms with van der Waals surface area (Å²) in [7, 11) is 0. The van der Waals surface area contributed by atoms with E-state index in [1.807, 2.05) is 6.07 Å². The van der Waals surface area contributed by atoms with Crippen molar-refractivity contribution in [3.63, 3.8) is 0 Å². The van der Waals surface area contributed by atoms with Gasteiger partial charge in [0.05, 0.1) is 5.02 Å². The van der Waals surface area contributed by atoms with Gasteiger partial charge >= 0.3 is 0 Å². The molecule has 3 nitrogen and oxygen atoms in total. The number of nitrogens with zero attached hydrogens (tertiary/aromatic N) is 2. The number of pyridine rings is 1. The molecule has 0 aliphatic rings. The molecule has 0 saturated carbocycles. The summed E-state index contributed by atoms with van der Waals surface area (Å²) in [5.41, 5.74) is 6.54. The van der Waals surface area contributed by atoms with Crippen molar-refractivity contribution in [2.75, 3.05) is 11.4 Å². The van der Waals surface area contributed by atoms with Gasteiger partial charge in [-0.05, 0) is 31.4 Å². The second-order valence-electron chi connectivity index (χ2n) is 4.99. The summed E-state index contributed by atoms with van der Waals surface area (Å²) in [5, 5.41) is 0.683. The Kier molecular flexibility index (Phi) is 5.22. The quantitative estimate of drug-likeness (QED) is 0.879. The van der Waals surface area contributed by atoms with Crippen LogP contribution in [0.3, 0.4) is 0 Å². The molecule has 4 heteroatoms. The maximum Gasteiger partial charge on any atom is 0.147 e. The van der Waals surface area contributed by atoms with Crippen molar-refractivity contribution in [1.82, 2.24) is 4.98 Å². The molecule has 0 fully saturated rings. The lowest BCUT2D eigenvalue weighted by molar-refractivity contribution is 0.566. The first-order chi connectivity index (χ1) is 7.95. The molecule has 0 unspecified atom stereocenters. The second-order valence-corrected chi connectivity index (χ2v) is 5.40.